The molecule has 0 spiro atoms. The van der Waals surface area contributed by atoms with Gasteiger partial charge in [0.25, 0.3) is 5.91 Å². The number of carbonyl (C=O) groups is 1. The Labute approximate surface area is 141 Å². The van der Waals surface area contributed by atoms with Crippen molar-refractivity contribution in [3.8, 4) is 11.5 Å². The van der Waals surface area contributed by atoms with Crippen LogP contribution in [0.3, 0.4) is 0 Å². The summed E-state index contributed by atoms with van der Waals surface area (Å²) >= 11 is 5.90. The zero-order valence-electron chi connectivity index (χ0n) is 13.4. The molecule has 0 radical (unpaired) electrons. The van der Waals surface area contributed by atoms with Gasteiger partial charge in [0, 0.05) is 5.02 Å². The number of hydrogen-bond donors (Lipinski definition) is 1. The van der Waals surface area contributed by atoms with E-state index in [0.29, 0.717) is 22.2 Å². The lowest BCUT2D eigenvalue weighted by atomic mass is 10.2. The smallest absolute Gasteiger partial charge is 0.262 e. The molecule has 4 nitrogen and oxygen atoms in total. The third kappa shape index (κ3) is 5.18. The monoisotopic (exact) mass is 333 g/mol. The van der Waals surface area contributed by atoms with E-state index in [4.69, 9.17) is 21.1 Å². The molecule has 23 heavy (non-hydrogen) atoms. The predicted octanol–water partition coefficient (Wildman–Crippen LogP) is 4.45. The molecule has 0 aliphatic carbocycles. The van der Waals surface area contributed by atoms with Gasteiger partial charge in [-0.2, -0.15) is 0 Å². The Morgan fingerprint density at radius 3 is 2.61 bits per heavy atom. The second kappa shape index (κ2) is 7.88. The van der Waals surface area contributed by atoms with Crippen molar-refractivity contribution in [2.45, 2.75) is 26.9 Å². The molecule has 0 fully saturated rings. The van der Waals surface area contributed by atoms with Crippen LogP contribution in [-0.4, -0.2) is 18.6 Å². The molecule has 0 aromatic heterocycles. The summed E-state index contributed by atoms with van der Waals surface area (Å²) in [5, 5.41) is 3.44. The summed E-state index contributed by atoms with van der Waals surface area (Å²) in [6.45, 7) is 5.67. The van der Waals surface area contributed by atoms with E-state index in [9.17, 15) is 4.79 Å². The number of anilines is 1. The molecule has 0 saturated carbocycles. The number of hydrogen-bond acceptors (Lipinski definition) is 3. The molecule has 0 atom stereocenters. The lowest BCUT2D eigenvalue weighted by molar-refractivity contribution is -0.118. The molecule has 0 unspecified atom stereocenters. The van der Waals surface area contributed by atoms with Gasteiger partial charge in [0.2, 0.25) is 0 Å². The number of halogens is 1. The lowest BCUT2D eigenvalue weighted by Crippen LogP contribution is -2.21. The van der Waals surface area contributed by atoms with Crippen molar-refractivity contribution in [1.29, 1.82) is 0 Å². The Hall–Kier alpha value is -2.20. The molecule has 0 heterocycles. The standard InChI is InChI=1S/C18H20ClNO3/c1-12(2)23-17-7-5-4-6-15(17)20-18(21)11-22-16-9-8-14(19)10-13(16)3/h4-10,12H,11H2,1-3H3,(H,20,21). The maximum Gasteiger partial charge on any atom is 0.262 e. The summed E-state index contributed by atoms with van der Waals surface area (Å²) in [4.78, 5) is 12.1. The highest BCUT2D eigenvalue weighted by atomic mass is 35.5. The van der Waals surface area contributed by atoms with Gasteiger partial charge in [-0.05, 0) is 56.7 Å². The number of rotatable bonds is 6. The highest BCUT2D eigenvalue weighted by molar-refractivity contribution is 6.30. The average molecular weight is 334 g/mol. The third-order valence-corrected chi connectivity index (χ3v) is 3.25. The predicted molar refractivity (Wildman–Crippen MR) is 92.5 cm³/mol. The van der Waals surface area contributed by atoms with Crippen LogP contribution in [-0.2, 0) is 4.79 Å². The van der Waals surface area contributed by atoms with Crippen molar-refractivity contribution in [2.75, 3.05) is 11.9 Å². The summed E-state index contributed by atoms with van der Waals surface area (Å²) in [6.07, 6.45) is 0.0287. The lowest BCUT2D eigenvalue weighted by Gasteiger charge is -2.15. The van der Waals surface area contributed by atoms with Crippen molar-refractivity contribution in [3.05, 3.63) is 53.1 Å². The molecule has 0 bridgehead atoms. The molecule has 2 aromatic rings. The minimum atomic E-state index is -0.251. The van der Waals surface area contributed by atoms with Crippen LogP contribution < -0.4 is 14.8 Å². The Kier molecular flexibility index (Phi) is 5.88. The Morgan fingerprint density at radius 1 is 1.17 bits per heavy atom. The van der Waals surface area contributed by atoms with E-state index >= 15 is 0 Å². The second-order valence-corrected chi connectivity index (χ2v) is 5.85. The number of ether oxygens (including phenoxy) is 2. The second-order valence-electron chi connectivity index (χ2n) is 5.41. The van der Waals surface area contributed by atoms with E-state index < -0.39 is 0 Å². The molecule has 1 N–H and O–H groups in total. The molecule has 122 valence electrons. The van der Waals surface area contributed by atoms with Crippen molar-refractivity contribution in [1.82, 2.24) is 0 Å². The van der Waals surface area contributed by atoms with Crippen LogP contribution in [0, 0.1) is 6.92 Å². The first-order valence-corrected chi connectivity index (χ1v) is 7.78. The van der Waals surface area contributed by atoms with E-state index in [0.717, 1.165) is 5.56 Å². The first-order valence-electron chi connectivity index (χ1n) is 7.40. The highest BCUT2D eigenvalue weighted by Crippen LogP contribution is 2.25. The molecule has 0 aliphatic rings. The van der Waals surface area contributed by atoms with Crippen LogP contribution in [0.25, 0.3) is 0 Å². The van der Waals surface area contributed by atoms with Gasteiger partial charge in [0.1, 0.15) is 11.5 Å². The van der Waals surface area contributed by atoms with Gasteiger partial charge in [0.15, 0.2) is 6.61 Å². The zero-order chi connectivity index (χ0) is 16.8. The third-order valence-electron chi connectivity index (χ3n) is 3.02. The van der Waals surface area contributed by atoms with Crippen molar-refractivity contribution in [3.63, 3.8) is 0 Å². The largest absolute Gasteiger partial charge is 0.489 e. The Morgan fingerprint density at radius 2 is 1.91 bits per heavy atom. The minimum Gasteiger partial charge on any atom is -0.489 e. The van der Waals surface area contributed by atoms with Crippen molar-refractivity contribution in [2.24, 2.45) is 0 Å². The van der Waals surface area contributed by atoms with Gasteiger partial charge in [-0.25, -0.2) is 0 Å². The topological polar surface area (TPSA) is 47.6 Å². The first-order chi connectivity index (χ1) is 11.0. The maximum absolute atomic E-state index is 12.1. The molecular weight excluding hydrogens is 314 g/mol. The van der Waals surface area contributed by atoms with E-state index in [1.165, 1.54) is 0 Å². The fraction of sp³-hybridized carbons (Fsp3) is 0.278. The number of amides is 1. The number of nitrogens with one attached hydrogen (secondary N) is 1. The summed E-state index contributed by atoms with van der Waals surface area (Å²) in [5.74, 6) is 1.02. The molecule has 1 amide bonds. The van der Waals surface area contributed by atoms with Crippen LogP contribution in [0.2, 0.25) is 5.02 Å². The van der Waals surface area contributed by atoms with Crippen LogP contribution in [0.15, 0.2) is 42.5 Å². The summed E-state index contributed by atoms with van der Waals surface area (Å²) in [7, 11) is 0. The van der Waals surface area contributed by atoms with Crippen molar-refractivity contribution < 1.29 is 14.3 Å². The summed E-state index contributed by atoms with van der Waals surface area (Å²) in [5.41, 5.74) is 1.51. The molecule has 0 aliphatic heterocycles. The van der Waals surface area contributed by atoms with Crippen LogP contribution in [0.4, 0.5) is 5.69 Å². The van der Waals surface area contributed by atoms with E-state index in [2.05, 4.69) is 5.32 Å². The average Bonchev–Trinajstić information content (AvgIpc) is 2.48. The van der Waals surface area contributed by atoms with Crippen molar-refractivity contribution >= 4 is 23.2 Å². The van der Waals surface area contributed by atoms with Gasteiger partial charge in [-0.3, -0.25) is 4.79 Å². The molecule has 2 aromatic carbocycles. The quantitative estimate of drug-likeness (QED) is 0.849. The maximum atomic E-state index is 12.1. The van der Waals surface area contributed by atoms with Gasteiger partial charge in [-0.1, -0.05) is 23.7 Å². The SMILES string of the molecule is Cc1cc(Cl)ccc1OCC(=O)Nc1ccccc1OC(C)C. The van der Waals surface area contributed by atoms with Gasteiger partial charge in [-0.15, -0.1) is 0 Å². The fourth-order valence-corrected chi connectivity index (χ4v) is 2.26. The molecule has 5 heteroatoms. The summed E-state index contributed by atoms with van der Waals surface area (Å²) in [6, 6.07) is 12.6. The van der Waals surface area contributed by atoms with E-state index in [1.54, 1.807) is 24.3 Å². The number of carbonyl (C=O) groups excluding carboxylic acids is 1. The van der Waals surface area contributed by atoms with E-state index in [-0.39, 0.29) is 18.6 Å². The van der Waals surface area contributed by atoms with Gasteiger partial charge < -0.3 is 14.8 Å². The van der Waals surface area contributed by atoms with Crippen LogP contribution in [0.5, 0.6) is 11.5 Å². The Bertz CT molecular complexity index is 686. The molecular formula is C18H20ClNO3. The highest BCUT2D eigenvalue weighted by Gasteiger charge is 2.10. The van der Waals surface area contributed by atoms with Crippen LogP contribution >= 0.6 is 11.6 Å². The Balaban J connectivity index is 1.97. The number of benzene rings is 2. The minimum absolute atomic E-state index is 0.0287. The molecule has 2 rings (SSSR count). The molecule has 0 saturated heterocycles. The number of aryl methyl sites for hydroxylation is 1. The normalized spacial score (nSPS) is 10.5. The summed E-state index contributed by atoms with van der Waals surface area (Å²) < 4.78 is 11.2. The van der Waals surface area contributed by atoms with Gasteiger partial charge in [0.05, 0.1) is 11.8 Å². The van der Waals surface area contributed by atoms with Gasteiger partial charge >= 0.3 is 0 Å². The van der Waals surface area contributed by atoms with E-state index in [1.807, 2.05) is 39.0 Å². The zero-order valence-corrected chi connectivity index (χ0v) is 14.2. The van der Waals surface area contributed by atoms with Crippen LogP contribution in [0.1, 0.15) is 19.4 Å². The first kappa shape index (κ1) is 17.2. The fourth-order valence-electron chi connectivity index (χ4n) is 2.03. The number of para-hydroxylation sites is 2.